The maximum atomic E-state index is 12.3. The average molecular weight is 114 g/mol. The molecule has 8 heavy (non-hydrogen) atoms. The van der Waals surface area contributed by atoms with Crippen LogP contribution >= 0.6 is 0 Å². The Labute approximate surface area is 50.1 Å². The van der Waals surface area contributed by atoms with Gasteiger partial charge in [-0.2, -0.15) is 0 Å². The van der Waals surface area contributed by atoms with E-state index in [-0.39, 0.29) is 12.1 Å². The first-order valence-corrected chi connectivity index (χ1v) is 3.06. The van der Waals surface area contributed by atoms with Crippen molar-refractivity contribution in [1.29, 1.82) is 0 Å². The molecule has 0 aromatic rings. The van der Waals surface area contributed by atoms with Gasteiger partial charge in [0, 0.05) is 0 Å². The quantitative estimate of drug-likeness (QED) is 0.491. The van der Waals surface area contributed by atoms with Gasteiger partial charge < -0.3 is 0 Å². The van der Waals surface area contributed by atoms with Gasteiger partial charge in [-0.1, -0.05) is 13.8 Å². The molecule has 46 valence electrons. The summed E-state index contributed by atoms with van der Waals surface area (Å²) in [6.07, 6.45) is 1.57. The third-order valence-electron chi connectivity index (χ3n) is 1.92. The lowest BCUT2D eigenvalue weighted by atomic mass is 9.72. The molecule has 1 rings (SSSR count). The topological polar surface area (TPSA) is 0 Å². The van der Waals surface area contributed by atoms with Gasteiger partial charge in [0.1, 0.15) is 6.17 Å². The molecular formula is C7H11F. The fourth-order valence-electron chi connectivity index (χ4n) is 1.19. The smallest absolute Gasteiger partial charge is 0.148 e. The van der Waals surface area contributed by atoms with Crippen LogP contribution in [0.3, 0.4) is 0 Å². The second-order valence-corrected chi connectivity index (χ2v) is 2.52. The van der Waals surface area contributed by atoms with Crippen LogP contribution in [-0.4, -0.2) is 0 Å². The molecule has 0 nitrogen and oxygen atoms in total. The van der Waals surface area contributed by atoms with Crippen molar-refractivity contribution in [2.75, 3.05) is 0 Å². The molecule has 0 saturated heterocycles. The van der Waals surface area contributed by atoms with Crippen LogP contribution in [0.2, 0.25) is 0 Å². The molecule has 0 amide bonds. The Morgan fingerprint density at radius 2 is 2.50 bits per heavy atom. The molecule has 1 fully saturated rings. The molecule has 0 aromatic heterocycles. The van der Waals surface area contributed by atoms with E-state index in [2.05, 4.69) is 13.8 Å². The Kier molecular flexibility index (Phi) is 1.54. The third kappa shape index (κ3) is 0.743. The molecule has 0 spiro atoms. The van der Waals surface area contributed by atoms with Crippen molar-refractivity contribution in [3.63, 3.8) is 0 Å². The van der Waals surface area contributed by atoms with Gasteiger partial charge in [0.15, 0.2) is 0 Å². The number of rotatable bonds is 1. The minimum Gasteiger partial charge on any atom is -0.240 e. The summed E-state index contributed by atoms with van der Waals surface area (Å²) in [5, 5.41) is 0. The standard InChI is InChI=1S/C7H11F/c1-3-6-5(2)4-7(6)8/h5-6H,1,3-4H2,2H3. The van der Waals surface area contributed by atoms with E-state index < -0.39 is 0 Å². The van der Waals surface area contributed by atoms with Crippen LogP contribution in [0.4, 0.5) is 4.39 Å². The molecule has 0 N–H and O–H groups in total. The lowest BCUT2D eigenvalue weighted by molar-refractivity contribution is 0.145. The van der Waals surface area contributed by atoms with E-state index in [0.717, 1.165) is 6.42 Å². The summed E-state index contributed by atoms with van der Waals surface area (Å²) >= 11 is 0. The van der Waals surface area contributed by atoms with E-state index in [1.807, 2.05) is 0 Å². The molecule has 0 aromatic carbocycles. The number of halogens is 1. The van der Waals surface area contributed by atoms with E-state index in [1.54, 1.807) is 0 Å². The Morgan fingerprint density at radius 1 is 1.88 bits per heavy atom. The van der Waals surface area contributed by atoms with Gasteiger partial charge in [0.05, 0.1) is 0 Å². The monoisotopic (exact) mass is 114 g/mol. The molecule has 1 aliphatic carbocycles. The molecule has 0 bridgehead atoms. The van der Waals surface area contributed by atoms with E-state index in [9.17, 15) is 4.39 Å². The highest BCUT2D eigenvalue weighted by Crippen LogP contribution is 2.44. The predicted octanol–water partition coefficient (Wildman–Crippen LogP) is 2.37. The summed E-state index contributed by atoms with van der Waals surface area (Å²) in [5.74, 6) is 0.738. The largest absolute Gasteiger partial charge is 0.240 e. The van der Waals surface area contributed by atoms with Crippen molar-refractivity contribution < 1.29 is 4.39 Å². The van der Waals surface area contributed by atoms with Crippen molar-refractivity contribution in [2.45, 2.75) is 19.8 Å². The first kappa shape index (κ1) is 6.06. The number of hydrogen-bond donors (Lipinski definition) is 0. The summed E-state index contributed by atoms with van der Waals surface area (Å²) in [7, 11) is 0. The third-order valence-corrected chi connectivity index (χ3v) is 1.92. The van der Waals surface area contributed by atoms with Crippen molar-refractivity contribution in [3.05, 3.63) is 13.1 Å². The van der Waals surface area contributed by atoms with Crippen LogP contribution in [0.5, 0.6) is 0 Å². The van der Waals surface area contributed by atoms with Gasteiger partial charge in [0.2, 0.25) is 0 Å². The van der Waals surface area contributed by atoms with Gasteiger partial charge in [-0.25, -0.2) is 4.39 Å². The lowest BCUT2D eigenvalue weighted by Gasteiger charge is -2.35. The molecule has 2 unspecified atom stereocenters. The summed E-state index contributed by atoms with van der Waals surface area (Å²) in [6.45, 7) is 5.72. The SMILES string of the molecule is [CH2]CC1[C](F)CC1C. The Bertz CT molecular complexity index is 72.5. The molecule has 0 heterocycles. The van der Waals surface area contributed by atoms with Gasteiger partial charge >= 0.3 is 0 Å². The van der Waals surface area contributed by atoms with Crippen LogP contribution in [-0.2, 0) is 0 Å². The van der Waals surface area contributed by atoms with Crippen molar-refractivity contribution in [3.8, 4) is 0 Å². The second-order valence-electron chi connectivity index (χ2n) is 2.52. The zero-order valence-corrected chi connectivity index (χ0v) is 5.15. The summed E-state index contributed by atoms with van der Waals surface area (Å²) < 4.78 is 12.3. The Balaban J connectivity index is 2.29. The van der Waals surface area contributed by atoms with Gasteiger partial charge in [-0.05, 0) is 24.7 Å². The Morgan fingerprint density at radius 3 is 2.62 bits per heavy atom. The summed E-state index contributed by atoms with van der Waals surface area (Å²) in [4.78, 5) is 0. The molecule has 2 radical (unpaired) electrons. The van der Waals surface area contributed by atoms with Crippen LogP contribution < -0.4 is 0 Å². The van der Waals surface area contributed by atoms with E-state index in [1.165, 1.54) is 0 Å². The van der Waals surface area contributed by atoms with Crippen LogP contribution in [0.1, 0.15) is 19.8 Å². The van der Waals surface area contributed by atoms with Crippen molar-refractivity contribution in [2.24, 2.45) is 11.8 Å². The highest BCUT2D eigenvalue weighted by Gasteiger charge is 2.37. The number of hydrogen-bond acceptors (Lipinski definition) is 0. The first-order valence-electron chi connectivity index (χ1n) is 3.06. The van der Waals surface area contributed by atoms with Gasteiger partial charge in [-0.15, -0.1) is 0 Å². The molecule has 0 aliphatic heterocycles. The fraction of sp³-hybridized carbons (Fsp3) is 0.714. The van der Waals surface area contributed by atoms with Gasteiger partial charge in [-0.3, -0.25) is 0 Å². The van der Waals surface area contributed by atoms with E-state index in [4.69, 9.17) is 0 Å². The maximum Gasteiger partial charge on any atom is 0.148 e. The lowest BCUT2D eigenvalue weighted by Crippen LogP contribution is -2.29. The maximum absolute atomic E-state index is 12.3. The predicted molar refractivity (Wildman–Crippen MR) is 31.6 cm³/mol. The fourth-order valence-corrected chi connectivity index (χ4v) is 1.19. The molecule has 2 atom stereocenters. The zero-order valence-electron chi connectivity index (χ0n) is 5.15. The first-order chi connectivity index (χ1) is 3.75. The van der Waals surface area contributed by atoms with Crippen molar-refractivity contribution >= 4 is 0 Å². The molecular weight excluding hydrogens is 103 g/mol. The van der Waals surface area contributed by atoms with E-state index >= 15 is 0 Å². The summed E-state index contributed by atoms with van der Waals surface area (Å²) in [5.41, 5.74) is 0. The minimum absolute atomic E-state index is 0.160. The van der Waals surface area contributed by atoms with Crippen LogP contribution in [0.15, 0.2) is 0 Å². The molecule has 1 aliphatic rings. The van der Waals surface area contributed by atoms with Crippen LogP contribution in [0, 0.1) is 24.9 Å². The highest BCUT2D eigenvalue weighted by atomic mass is 19.1. The second kappa shape index (κ2) is 2.04. The highest BCUT2D eigenvalue weighted by molar-refractivity contribution is 5.01. The zero-order chi connectivity index (χ0) is 6.15. The average Bonchev–Trinajstić information content (AvgIpc) is 1.67. The molecule has 1 saturated carbocycles. The Hall–Kier alpha value is -0.0700. The summed E-state index contributed by atoms with van der Waals surface area (Å²) in [6, 6.07) is 0. The van der Waals surface area contributed by atoms with Gasteiger partial charge in [0.25, 0.3) is 0 Å². The van der Waals surface area contributed by atoms with Crippen molar-refractivity contribution in [1.82, 2.24) is 0 Å². The van der Waals surface area contributed by atoms with E-state index in [0.29, 0.717) is 12.3 Å². The van der Waals surface area contributed by atoms with Crippen LogP contribution in [0.25, 0.3) is 0 Å². The minimum atomic E-state index is 0.160. The molecule has 1 heteroatoms. The normalized spacial score (nSPS) is 39.4.